The van der Waals surface area contributed by atoms with Crippen LogP contribution in [0.4, 0.5) is 4.39 Å². The van der Waals surface area contributed by atoms with Crippen molar-refractivity contribution in [3.8, 4) is 0 Å². The fourth-order valence-corrected chi connectivity index (χ4v) is 2.03. The number of hydrogen-bond donors (Lipinski definition) is 0. The summed E-state index contributed by atoms with van der Waals surface area (Å²) < 4.78 is 18.6. The number of rotatable bonds is 2. The van der Waals surface area contributed by atoms with E-state index in [-0.39, 0.29) is 11.2 Å². The second-order valence-corrected chi connectivity index (χ2v) is 4.23. The van der Waals surface area contributed by atoms with E-state index in [1.54, 1.807) is 6.07 Å². The van der Waals surface area contributed by atoms with Crippen molar-refractivity contribution in [1.82, 2.24) is 0 Å². The van der Waals surface area contributed by atoms with Crippen molar-refractivity contribution in [1.29, 1.82) is 0 Å². The van der Waals surface area contributed by atoms with Crippen molar-refractivity contribution in [2.24, 2.45) is 0 Å². The van der Waals surface area contributed by atoms with Crippen LogP contribution in [-0.4, -0.2) is 19.1 Å². The molecule has 0 atom stereocenters. The maximum atomic E-state index is 13.5. The Morgan fingerprint density at radius 1 is 1.43 bits per heavy atom. The highest BCUT2D eigenvalue weighted by atomic mass is 35.5. The molecule has 1 aromatic carbocycles. The van der Waals surface area contributed by atoms with Crippen LogP contribution in [0, 0.1) is 5.82 Å². The summed E-state index contributed by atoms with van der Waals surface area (Å²) in [5.41, 5.74) is 0.183. The minimum Gasteiger partial charge on any atom is -0.379 e. The lowest BCUT2D eigenvalue weighted by atomic mass is 9.80. The molecule has 0 N–H and O–H groups in total. The molecule has 0 saturated carbocycles. The number of halogens is 3. The largest absolute Gasteiger partial charge is 0.379 e. The van der Waals surface area contributed by atoms with E-state index in [1.807, 2.05) is 0 Å². The van der Waals surface area contributed by atoms with E-state index in [0.717, 1.165) is 0 Å². The van der Waals surface area contributed by atoms with Gasteiger partial charge in [-0.1, -0.05) is 11.6 Å². The van der Waals surface area contributed by atoms with Gasteiger partial charge in [0.05, 0.1) is 18.6 Å². The SMILES string of the molecule is Fc1ccc(Cl)cc1C1(CCl)COC1. The molecule has 4 heteroatoms. The summed E-state index contributed by atoms with van der Waals surface area (Å²) in [7, 11) is 0. The van der Waals surface area contributed by atoms with Crippen molar-refractivity contribution < 1.29 is 9.13 Å². The summed E-state index contributed by atoms with van der Waals surface area (Å²) in [6, 6.07) is 4.52. The van der Waals surface area contributed by atoms with Gasteiger partial charge >= 0.3 is 0 Å². The number of benzene rings is 1. The lowest BCUT2D eigenvalue weighted by Gasteiger charge is -2.40. The van der Waals surface area contributed by atoms with Crippen LogP contribution in [0.2, 0.25) is 5.02 Å². The van der Waals surface area contributed by atoms with E-state index in [1.165, 1.54) is 12.1 Å². The second-order valence-electron chi connectivity index (χ2n) is 3.53. The Morgan fingerprint density at radius 3 is 2.64 bits per heavy atom. The van der Waals surface area contributed by atoms with Crippen LogP contribution in [0.1, 0.15) is 5.56 Å². The van der Waals surface area contributed by atoms with Gasteiger partial charge in [0, 0.05) is 16.5 Å². The van der Waals surface area contributed by atoms with E-state index >= 15 is 0 Å². The molecule has 1 fully saturated rings. The van der Waals surface area contributed by atoms with Gasteiger partial charge in [0.25, 0.3) is 0 Å². The average Bonchev–Trinajstić information content (AvgIpc) is 2.10. The zero-order valence-electron chi connectivity index (χ0n) is 7.40. The van der Waals surface area contributed by atoms with Crippen molar-refractivity contribution in [3.63, 3.8) is 0 Å². The van der Waals surface area contributed by atoms with Crippen molar-refractivity contribution in [3.05, 3.63) is 34.6 Å². The molecule has 0 aliphatic carbocycles. The molecule has 2 rings (SSSR count). The molecule has 76 valence electrons. The predicted octanol–water partition coefficient (Wildman–Crippen LogP) is 2.99. The fourth-order valence-electron chi connectivity index (χ4n) is 1.56. The highest BCUT2D eigenvalue weighted by Crippen LogP contribution is 2.36. The molecular formula is C10H9Cl2FO. The number of ether oxygens (including phenoxy) is 1. The van der Waals surface area contributed by atoms with Crippen molar-refractivity contribution >= 4 is 23.2 Å². The molecule has 0 unspecified atom stereocenters. The van der Waals surface area contributed by atoms with Gasteiger partial charge in [0.1, 0.15) is 5.82 Å². The summed E-state index contributed by atoms with van der Waals surface area (Å²) in [5, 5.41) is 0.526. The maximum Gasteiger partial charge on any atom is 0.127 e. The van der Waals surface area contributed by atoms with Gasteiger partial charge in [0.15, 0.2) is 0 Å². The van der Waals surface area contributed by atoms with Gasteiger partial charge < -0.3 is 4.74 Å². The Balaban J connectivity index is 2.43. The Morgan fingerprint density at radius 2 is 2.14 bits per heavy atom. The Bertz CT molecular complexity index is 344. The van der Waals surface area contributed by atoms with Crippen LogP contribution in [-0.2, 0) is 10.2 Å². The van der Waals surface area contributed by atoms with E-state index in [9.17, 15) is 4.39 Å². The molecule has 0 radical (unpaired) electrons. The molecule has 0 aromatic heterocycles. The summed E-state index contributed by atoms with van der Waals surface area (Å²) in [6.45, 7) is 0.932. The van der Waals surface area contributed by atoms with E-state index in [4.69, 9.17) is 27.9 Å². The zero-order chi connectivity index (χ0) is 10.2. The van der Waals surface area contributed by atoms with E-state index in [2.05, 4.69) is 0 Å². The highest BCUT2D eigenvalue weighted by Gasteiger charge is 2.41. The molecule has 1 saturated heterocycles. The first-order chi connectivity index (χ1) is 6.68. The monoisotopic (exact) mass is 234 g/mol. The number of alkyl halides is 1. The molecule has 1 aliphatic rings. The van der Waals surface area contributed by atoms with Gasteiger partial charge in [-0.2, -0.15) is 0 Å². The smallest absolute Gasteiger partial charge is 0.127 e. The third kappa shape index (κ3) is 1.52. The zero-order valence-corrected chi connectivity index (χ0v) is 8.91. The molecule has 0 amide bonds. The van der Waals surface area contributed by atoms with Gasteiger partial charge in [0.2, 0.25) is 0 Å². The predicted molar refractivity (Wildman–Crippen MR) is 54.6 cm³/mol. The highest BCUT2D eigenvalue weighted by molar-refractivity contribution is 6.30. The quantitative estimate of drug-likeness (QED) is 0.716. The normalized spacial score (nSPS) is 19.1. The van der Waals surface area contributed by atoms with Crippen LogP contribution in [0.3, 0.4) is 0 Å². The first-order valence-corrected chi connectivity index (χ1v) is 5.18. The Kier molecular flexibility index (Phi) is 2.69. The third-order valence-electron chi connectivity index (χ3n) is 2.51. The topological polar surface area (TPSA) is 9.23 Å². The molecule has 1 nitrogen and oxygen atoms in total. The van der Waals surface area contributed by atoms with Crippen molar-refractivity contribution in [2.45, 2.75) is 5.41 Å². The molecule has 0 bridgehead atoms. The van der Waals surface area contributed by atoms with Crippen LogP contribution in [0.5, 0.6) is 0 Å². The van der Waals surface area contributed by atoms with Crippen LogP contribution in [0.15, 0.2) is 18.2 Å². The van der Waals surface area contributed by atoms with Gasteiger partial charge in [-0.3, -0.25) is 0 Å². The molecule has 1 aliphatic heterocycles. The van der Waals surface area contributed by atoms with Gasteiger partial charge in [-0.05, 0) is 18.2 Å². The van der Waals surface area contributed by atoms with Crippen LogP contribution in [0.25, 0.3) is 0 Å². The lowest BCUT2D eigenvalue weighted by Crippen LogP contribution is -2.49. The molecule has 0 spiro atoms. The average molecular weight is 235 g/mol. The first-order valence-electron chi connectivity index (χ1n) is 4.27. The molecular weight excluding hydrogens is 226 g/mol. The van der Waals surface area contributed by atoms with Gasteiger partial charge in [-0.25, -0.2) is 4.39 Å². The van der Waals surface area contributed by atoms with E-state index < -0.39 is 0 Å². The third-order valence-corrected chi connectivity index (χ3v) is 3.26. The van der Waals surface area contributed by atoms with Crippen molar-refractivity contribution in [2.75, 3.05) is 19.1 Å². The van der Waals surface area contributed by atoms with Crippen LogP contribution < -0.4 is 0 Å². The maximum absolute atomic E-state index is 13.5. The molecule has 1 aromatic rings. The van der Waals surface area contributed by atoms with E-state index in [0.29, 0.717) is 29.7 Å². The minimum absolute atomic E-state index is 0.265. The Hall–Kier alpha value is -0.310. The van der Waals surface area contributed by atoms with Gasteiger partial charge in [-0.15, -0.1) is 11.6 Å². The molecule has 14 heavy (non-hydrogen) atoms. The minimum atomic E-state index is -0.378. The lowest BCUT2D eigenvalue weighted by molar-refractivity contribution is -0.0495. The van der Waals surface area contributed by atoms with Crippen LogP contribution >= 0.6 is 23.2 Å². The summed E-state index contributed by atoms with van der Waals surface area (Å²) in [4.78, 5) is 0. The first kappa shape index (κ1) is 10.2. The second kappa shape index (κ2) is 3.69. The summed E-state index contributed by atoms with van der Waals surface area (Å²) in [5.74, 6) is 0.0860. The molecule has 1 heterocycles. The standard InChI is InChI=1S/C10H9Cl2FO/c11-4-10(5-14-6-10)8-3-7(12)1-2-9(8)13/h1-3H,4-6H2. The number of hydrogen-bond acceptors (Lipinski definition) is 1. The fraction of sp³-hybridized carbons (Fsp3) is 0.400. The summed E-state index contributed by atoms with van der Waals surface area (Å²) >= 11 is 11.6. The Labute approximate surface area is 91.8 Å². The summed E-state index contributed by atoms with van der Waals surface area (Å²) in [6.07, 6.45) is 0.